The van der Waals surface area contributed by atoms with E-state index in [1.165, 1.54) is 37.5 Å². The highest BCUT2D eigenvalue weighted by molar-refractivity contribution is 5.94. The highest BCUT2D eigenvalue weighted by Crippen LogP contribution is 2.36. The molecule has 0 spiro atoms. The first-order valence-electron chi connectivity index (χ1n) is 7.32. The van der Waals surface area contributed by atoms with Crippen LogP contribution in [0.3, 0.4) is 0 Å². The Morgan fingerprint density at radius 1 is 1.19 bits per heavy atom. The van der Waals surface area contributed by atoms with Gasteiger partial charge in [-0.3, -0.25) is 4.79 Å². The van der Waals surface area contributed by atoms with Crippen LogP contribution in [0.1, 0.15) is 47.6 Å². The Morgan fingerprint density at radius 2 is 1.90 bits per heavy atom. The number of benzene rings is 1. The van der Waals surface area contributed by atoms with Crippen molar-refractivity contribution in [2.75, 3.05) is 0 Å². The van der Waals surface area contributed by atoms with Crippen LogP contribution in [0.15, 0.2) is 47.3 Å². The molecular formula is C17H18FNO2. The van der Waals surface area contributed by atoms with E-state index >= 15 is 0 Å². The molecule has 1 aliphatic rings. The molecule has 0 radical (unpaired) electrons. The highest BCUT2D eigenvalue weighted by atomic mass is 19.1. The first kappa shape index (κ1) is 13.9. The van der Waals surface area contributed by atoms with E-state index < -0.39 is 0 Å². The normalized spacial score (nSPS) is 16.8. The van der Waals surface area contributed by atoms with E-state index in [-0.39, 0.29) is 17.8 Å². The Morgan fingerprint density at radius 3 is 2.52 bits per heavy atom. The van der Waals surface area contributed by atoms with Gasteiger partial charge in [-0.05, 0) is 42.5 Å². The number of hydrogen-bond acceptors (Lipinski definition) is 2. The van der Waals surface area contributed by atoms with Gasteiger partial charge in [0, 0.05) is 0 Å². The monoisotopic (exact) mass is 287 g/mol. The maximum Gasteiger partial charge on any atom is 0.255 e. The second-order valence-electron chi connectivity index (χ2n) is 5.56. The van der Waals surface area contributed by atoms with E-state index in [4.69, 9.17) is 4.42 Å². The van der Waals surface area contributed by atoms with Gasteiger partial charge < -0.3 is 9.73 Å². The predicted octanol–water partition coefficient (Wildman–Crippen LogP) is 4.08. The molecule has 1 saturated carbocycles. The van der Waals surface area contributed by atoms with Crippen molar-refractivity contribution in [2.24, 2.45) is 5.92 Å². The summed E-state index contributed by atoms with van der Waals surface area (Å²) in [5, 5.41) is 3.08. The number of carbonyl (C=O) groups excluding carboxylic acids is 1. The van der Waals surface area contributed by atoms with Crippen LogP contribution in [0, 0.1) is 11.7 Å². The summed E-state index contributed by atoms with van der Waals surface area (Å²) < 4.78 is 18.1. The van der Waals surface area contributed by atoms with Gasteiger partial charge in [-0.1, -0.05) is 25.0 Å². The molecule has 1 amide bonds. The van der Waals surface area contributed by atoms with Crippen LogP contribution < -0.4 is 5.32 Å². The molecule has 1 aromatic carbocycles. The van der Waals surface area contributed by atoms with Crippen molar-refractivity contribution in [1.29, 1.82) is 0 Å². The summed E-state index contributed by atoms with van der Waals surface area (Å²) in [5.74, 6) is 0.00127. The molecule has 0 bridgehead atoms. The molecule has 3 rings (SSSR count). The van der Waals surface area contributed by atoms with E-state index in [9.17, 15) is 9.18 Å². The Balaban J connectivity index is 1.82. The van der Waals surface area contributed by atoms with Crippen LogP contribution in [0.5, 0.6) is 0 Å². The van der Waals surface area contributed by atoms with E-state index in [0.29, 0.717) is 11.5 Å². The number of hydrogen-bond donors (Lipinski definition) is 1. The Labute approximate surface area is 123 Å². The fourth-order valence-corrected chi connectivity index (χ4v) is 3.05. The zero-order valence-electron chi connectivity index (χ0n) is 11.7. The van der Waals surface area contributed by atoms with E-state index in [1.807, 2.05) is 0 Å². The first-order valence-corrected chi connectivity index (χ1v) is 7.32. The quantitative estimate of drug-likeness (QED) is 0.920. The molecule has 21 heavy (non-hydrogen) atoms. The van der Waals surface area contributed by atoms with Crippen molar-refractivity contribution >= 4 is 5.91 Å². The summed E-state index contributed by atoms with van der Waals surface area (Å²) in [5.41, 5.74) is 1.47. The zero-order valence-corrected chi connectivity index (χ0v) is 11.7. The van der Waals surface area contributed by atoms with Gasteiger partial charge in [-0.2, -0.15) is 0 Å². The van der Waals surface area contributed by atoms with Crippen molar-refractivity contribution < 1.29 is 13.6 Å². The van der Waals surface area contributed by atoms with Crippen molar-refractivity contribution in [3.05, 3.63) is 59.8 Å². The van der Waals surface area contributed by atoms with Crippen molar-refractivity contribution in [2.45, 2.75) is 31.7 Å². The Hall–Kier alpha value is -2.10. The Bertz CT molecular complexity index is 586. The lowest BCUT2D eigenvalue weighted by atomic mass is 9.91. The second kappa shape index (κ2) is 6.12. The minimum absolute atomic E-state index is 0.0736. The number of furan rings is 1. The van der Waals surface area contributed by atoms with Gasteiger partial charge in [0.05, 0.1) is 17.9 Å². The summed E-state index contributed by atoms with van der Waals surface area (Å²) in [4.78, 5) is 12.3. The molecule has 0 saturated heterocycles. The van der Waals surface area contributed by atoms with Crippen molar-refractivity contribution in [3.8, 4) is 0 Å². The zero-order chi connectivity index (χ0) is 14.7. The summed E-state index contributed by atoms with van der Waals surface area (Å²) in [6.07, 6.45) is 7.47. The third-order valence-corrected chi connectivity index (χ3v) is 4.17. The third kappa shape index (κ3) is 3.15. The molecular weight excluding hydrogens is 269 g/mol. The topological polar surface area (TPSA) is 42.2 Å². The van der Waals surface area contributed by atoms with Gasteiger partial charge >= 0.3 is 0 Å². The second-order valence-corrected chi connectivity index (χ2v) is 5.56. The van der Waals surface area contributed by atoms with Gasteiger partial charge in [-0.25, -0.2) is 4.39 Å². The lowest BCUT2D eigenvalue weighted by Crippen LogP contribution is -2.32. The van der Waals surface area contributed by atoms with Crippen LogP contribution in [0.4, 0.5) is 4.39 Å². The van der Waals surface area contributed by atoms with Gasteiger partial charge in [0.2, 0.25) is 0 Å². The lowest BCUT2D eigenvalue weighted by molar-refractivity contribution is 0.0921. The summed E-state index contributed by atoms with van der Waals surface area (Å²) in [7, 11) is 0. The molecule has 1 aromatic heterocycles. The maximum absolute atomic E-state index is 13.1. The SMILES string of the molecule is O=C(N[C@@H](c1ccc(F)cc1)C1CCCC1)c1ccoc1. The van der Waals surface area contributed by atoms with E-state index in [1.54, 1.807) is 18.2 Å². The molecule has 0 aliphatic heterocycles. The van der Waals surface area contributed by atoms with Crippen molar-refractivity contribution in [3.63, 3.8) is 0 Å². The number of rotatable bonds is 4. The number of amides is 1. The molecule has 1 aliphatic carbocycles. The standard InChI is InChI=1S/C17H18FNO2/c18-15-7-5-13(6-8-15)16(12-3-1-2-4-12)19-17(20)14-9-10-21-11-14/h5-12,16H,1-4H2,(H,19,20)/t16-/m1/s1. The predicted molar refractivity (Wildman–Crippen MR) is 77.3 cm³/mol. The van der Waals surface area contributed by atoms with Gasteiger partial charge in [0.15, 0.2) is 0 Å². The smallest absolute Gasteiger partial charge is 0.255 e. The average Bonchev–Trinajstić information content (AvgIpc) is 3.19. The molecule has 1 N–H and O–H groups in total. The minimum Gasteiger partial charge on any atom is -0.472 e. The fourth-order valence-electron chi connectivity index (χ4n) is 3.05. The van der Waals surface area contributed by atoms with Gasteiger partial charge in [-0.15, -0.1) is 0 Å². The fraction of sp³-hybridized carbons (Fsp3) is 0.353. The molecule has 1 heterocycles. The molecule has 1 atom stereocenters. The third-order valence-electron chi connectivity index (χ3n) is 4.17. The molecule has 1 fully saturated rings. The maximum atomic E-state index is 13.1. The van der Waals surface area contributed by atoms with Gasteiger partial charge in [0.25, 0.3) is 5.91 Å². The average molecular weight is 287 g/mol. The van der Waals surface area contributed by atoms with E-state index in [2.05, 4.69) is 5.32 Å². The number of halogens is 1. The number of carbonyl (C=O) groups is 1. The van der Waals surface area contributed by atoms with Crippen LogP contribution in [0.25, 0.3) is 0 Å². The first-order chi connectivity index (χ1) is 10.2. The van der Waals surface area contributed by atoms with Gasteiger partial charge in [0.1, 0.15) is 12.1 Å². The summed E-state index contributed by atoms with van der Waals surface area (Å²) in [6, 6.07) is 7.98. The largest absolute Gasteiger partial charge is 0.472 e. The lowest BCUT2D eigenvalue weighted by Gasteiger charge is -2.25. The highest BCUT2D eigenvalue weighted by Gasteiger charge is 2.28. The number of nitrogens with one attached hydrogen (secondary N) is 1. The molecule has 2 aromatic rings. The Kier molecular flexibility index (Phi) is 4.04. The summed E-state index contributed by atoms with van der Waals surface area (Å²) in [6.45, 7) is 0. The van der Waals surface area contributed by atoms with Crippen LogP contribution in [-0.2, 0) is 0 Å². The van der Waals surface area contributed by atoms with Crippen molar-refractivity contribution in [1.82, 2.24) is 5.32 Å². The molecule has 0 unspecified atom stereocenters. The van der Waals surface area contributed by atoms with Crippen LogP contribution >= 0.6 is 0 Å². The summed E-state index contributed by atoms with van der Waals surface area (Å²) >= 11 is 0. The molecule has 4 heteroatoms. The minimum atomic E-state index is -0.259. The van der Waals surface area contributed by atoms with Crippen LogP contribution in [0.2, 0.25) is 0 Å². The van der Waals surface area contributed by atoms with Crippen LogP contribution in [-0.4, -0.2) is 5.91 Å². The molecule has 3 nitrogen and oxygen atoms in total. The van der Waals surface area contributed by atoms with E-state index in [0.717, 1.165) is 18.4 Å². The molecule has 110 valence electrons.